The number of benzene rings is 2. The largest absolute Gasteiger partial charge is 0.378 e. The maximum Gasteiger partial charge on any atom is 0.143 e. The summed E-state index contributed by atoms with van der Waals surface area (Å²) in [5.41, 5.74) is 3.93. The van der Waals surface area contributed by atoms with Gasteiger partial charge >= 0.3 is 0 Å². The van der Waals surface area contributed by atoms with E-state index in [1.54, 1.807) is 11.0 Å². The van der Waals surface area contributed by atoms with Gasteiger partial charge in [-0.3, -0.25) is 4.90 Å². The summed E-state index contributed by atoms with van der Waals surface area (Å²) in [5.74, 6) is 0. The van der Waals surface area contributed by atoms with Crippen LogP contribution in [0.5, 0.6) is 0 Å². The van der Waals surface area contributed by atoms with Crippen molar-refractivity contribution in [1.29, 1.82) is 5.26 Å². The summed E-state index contributed by atoms with van der Waals surface area (Å²) in [6.07, 6.45) is 2.65. The first-order valence-electron chi connectivity index (χ1n) is 10.2. The third kappa shape index (κ3) is 5.07. The Morgan fingerprint density at radius 2 is 1.67 bits per heavy atom. The first-order chi connectivity index (χ1) is 14.7. The Morgan fingerprint density at radius 3 is 2.30 bits per heavy atom. The van der Waals surface area contributed by atoms with E-state index in [4.69, 9.17) is 5.26 Å². The Balaban J connectivity index is 1.22. The lowest BCUT2D eigenvalue weighted by Gasteiger charge is -2.37. The normalized spacial score (nSPS) is 16.3. The Bertz CT molecular complexity index is 956. The summed E-state index contributed by atoms with van der Waals surface area (Å²) in [7, 11) is 0. The molecule has 1 N–H and O–H groups in total. The summed E-state index contributed by atoms with van der Waals surface area (Å²) in [6.45, 7) is 4.61. The zero-order valence-corrected chi connectivity index (χ0v) is 16.8. The fraction of sp³-hybridized carbons (Fsp3) is 0.364. The number of tetrazole rings is 1. The zero-order chi connectivity index (χ0) is 20.8. The lowest BCUT2D eigenvalue weighted by atomic mass is 10.1. The van der Waals surface area contributed by atoms with E-state index in [0.29, 0.717) is 12.0 Å². The molecular formula is C22H25N7O. The van der Waals surface area contributed by atoms with Gasteiger partial charge in [-0.15, -0.1) is 5.10 Å². The van der Waals surface area contributed by atoms with Crippen LogP contribution < -0.4 is 0 Å². The second-order valence-corrected chi connectivity index (χ2v) is 7.54. The van der Waals surface area contributed by atoms with Crippen LogP contribution in [0.25, 0.3) is 5.69 Å². The van der Waals surface area contributed by atoms with Crippen molar-refractivity contribution >= 4 is 0 Å². The first-order valence-corrected chi connectivity index (χ1v) is 10.2. The van der Waals surface area contributed by atoms with E-state index >= 15 is 0 Å². The Hall–Kier alpha value is -3.12. The molecule has 1 aliphatic rings. The van der Waals surface area contributed by atoms with Gasteiger partial charge in [0.25, 0.3) is 0 Å². The second kappa shape index (κ2) is 9.59. The number of aliphatic hydroxyl groups excluding tert-OH is 1. The van der Waals surface area contributed by atoms with Gasteiger partial charge < -0.3 is 10.0 Å². The maximum absolute atomic E-state index is 10.7. The number of piperazine rings is 1. The molecule has 2 heterocycles. The molecule has 1 aromatic heterocycles. The molecule has 1 atom stereocenters. The minimum absolute atomic E-state index is 0.482. The van der Waals surface area contributed by atoms with E-state index in [-0.39, 0.29) is 0 Å². The molecule has 0 radical (unpaired) electrons. The molecule has 1 unspecified atom stereocenters. The zero-order valence-electron chi connectivity index (χ0n) is 16.8. The van der Waals surface area contributed by atoms with Crippen LogP contribution in [0.2, 0.25) is 0 Å². The van der Waals surface area contributed by atoms with Crippen molar-refractivity contribution < 1.29 is 5.11 Å². The molecule has 154 valence electrons. The Morgan fingerprint density at radius 1 is 0.967 bits per heavy atom. The molecule has 4 rings (SSSR count). The number of aliphatic hydroxyl groups is 1. The summed E-state index contributed by atoms with van der Waals surface area (Å²) < 4.78 is 1.61. The van der Waals surface area contributed by atoms with Gasteiger partial charge in [-0.05, 0) is 52.2 Å². The van der Waals surface area contributed by atoms with E-state index in [9.17, 15) is 5.11 Å². The molecule has 1 saturated heterocycles. The highest BCUT2D eigenvalue weighted by Crippen LogP contribution is 2.14. The molecule has 0 bridgehead atoms. The SMILES string of the molecule is N#Cc1ccc(CCN2CCN(C(O)Cc3ccc(-n4cnnn4)cc3)CC2)cc1. The minimum atomic E-state index is -0.482. The van der Waals surface area contributed by atoms with Crippen molar-refractivity contribution in [3.63, 3.8) is 0 Å². The lowest BCUT2D eigenvalue weighted by molar-refractivity contribution is -0.0241. The van der Waals surface area contributed by atoms with E-state index in [1.165, 1.54) is 5.56 Å². The molecule has 0 amide bonds. The maximum atomic E-state index is 10.7. The number of nitriles is 1. The van der Waals surface area contributed by atoms with Crippen LogP contribution in [-0.2, 0) is 12.8 Å². The topological polar surface area (TPSA) is 94.1 Å². The van der Waals surface area contributed by atoms with Gasteiger partial charge in [0.1, 0.15) is 12.6 Å². The quantitative estimate of drug-likeness (QED) is 0.635. The van der Waals surface area contributed by atoms with Gasteiger partial charge in [-0.1, -0.05) is 24.3 Å². The molecule has 8 heteroatoms. The van der Waals surface area contributed by atoms with Crippen molar-refractivity contribution in [1.82, 2.24) is 30.0 Å². The first kappa shape index (κ1) is 20.2. The monoisotopic (exact) mass is 403 g/mol. The van der Waals surface area contributed by atoms with Crippen molar-refractivity contribution in [3.8, 4) is 11.8 Å². The number of rotatable bonds is 7. The predicted molar refractivity (Wildman–Crippen MR) is 112 cm³/mol. The second-order valence-electron chi connectivity index (χ2n) is 7.54. The molecular weight excluding hydrogens is 378 g/mol. The van der Waals surface area contributed by atoms with Crippen molar-refractivity contribution in [2.75, 3.05) is 32.7 Å². The lowest BCUT2D eigenvalue weighted by Crippen LogP contribution is -2.51. The van der Waals surface area contributed by atoms with Gasteiger partial charge in [-0.25, -0.2) is 4.68 Å². The average Bonchev–Trinajstić information content (AvgIpc) is 3.34. The smallest absolute Gasteiger partial charge is 0.143 e. The number of nitrogens with zero attached hydrogens (tertiary/aromatic N) is 7. The molecule has 0 saturated carbocycles. The third-order valence-electron chi connectivity index (χ3n) is 5.60. The van der Waals surface area contributed by atoms with Crippen LogP contribution in [0.15, 0.2) is 54.9 Å². The van der Waals surface area contributed by atoms with Crippen LogP contribution in [-0.4, -0.2) is 74.1 Å². The molecule has 0 spiro atoms. The van der Waals surface area contributed by atoms with Gasteiger partial charge in [0, 0.05) is 39.1 Å². The molecule has 1 fully saturated rings. The summed E-state index contributed by atoms with van der Waals surface area (Å²) in [5, 5.41) is 30.7. The minimum Gasteiger partial charge on any atom is -0.378 e. The summed E-state index contributed by atoms with van der Waals surface area (Å²) in [4.78, 5) is 4.58. The molecule has 30 heavy (non-hydrogen) atoms. The van der Waals surface area contributed by atoms with Crippen LogP contribution in [0.4, 0.5) is 0 Å². The highest BCUT2D eigenvalue weighted by Gasteiger charge is 2.22. The van der Waals surface area contributed by atoms with E-state index in [1.807, 2.05) is 48.5 Å². The van der Waals surface area contributed by atoms with Crippen LogP contribution in [0.3, 0.4) is 0 Å². The fourth-order valence-corrected chi connectivity index (χ4v) is 3.72. The fourth-order valence-electron chi connectivity index (χ4n) is 3.72. The predicted octanol–water partition coefficient (Wildman–Crippen LogP) is 1.26. The van der Waals surface area contributed by atoms with Crippen LogP contribution in [0.1, 0.15) is 16.7 Å². The highest BCUT2D eigenvalue weighted by molar-refractivity contribution is 5.33. The van der Waals surface area contributed by atoms with Crippen LogP contribution in [0, 0.1) is 11.3 Å². The van der Waals surface area contributed by atoms with Gasteiger partial charge in [0.05, 0.1) is 17.3 Å². The molecule has 3 aromatic rings. The Kier molecular flexibility index (Phi) is 6.44. The van der Waals surface area contributed by atoms with Crippen LogP contribution >= 0.6 is 0 Å². The van der Waals surface area contributed by atoms with E-state index in [2.05, 4.69) is 31.4 Å². The standard InChI is InChI=1S/C22H25N7O/c23-16-20-3-1-18(2-4-20)9-10-27-11-13-28(14-12-27)22(30)15-19-5-7-21(8-6-19)29-17-24-25-26-29/h1-8,17,22,30H,9-15H2. The molecule has 2 aromatic carbocycles. The van der Waals surface area contributed by atoms with Gasteiger partial charge in [0.2, 0.25) is 0 Å². The number of hydrogen-bond acceptors (Lipinski definition) is 7. The number of hydrogen-bond donors (Lipinski definition) is 1. The molecule has 0 aliphatic carbocycles. The highest BCUT2D eigenvalue weighted by atomic mass is 16.3. The van der Waals surface area contributed by atoms with Crippen molar-refractivity contribution in [3.05, 3.63) is 71.5 Å². The Labute approximate surface area is 176 Å². The van der Waals surface area contributed by atoms with Gasteiger partial charge in [0.15, 0.2) is 0 Å². The van der Waals surface area contributed by atoms with Crippen molar-refractivity contribution in [2.24, 2.45) is 0 Å². The molecule has 1 aliphatic heterocycles. The van der Waals surface area contributed by atoms with Gasteiger partial charge in [-0.2, -0.15) is 5.26 Å². The average molecular weight is 403 g/mol. The third-order valence-corrected chi connectivity index (χ3v) is 5.60. The van der Waals surface area contributed by atoms with E-state index in [0.717, 1.165) is 50.4 Å². The van der Waals surface area contributed by atoms with E-state index < -0.39 is 6.23 Å². The summed E-state index contributed by atoms with van der Waals surface area (Å²) >= 11 is 0. The molecule has 8 nitrogen and oxygen atoms in total. The number of aromatic nitrogens is 4. The van der Waals surface area contributed by atoms with Crippen molar-refractivity contribution in [2.45, 2.75) is 19.1 Å². The summed E-state index contributed by atoms with van der Waals surface area (Å²) in [6, 6.07) is 17.9.